The number of aryl methyl sites for hydroxylation is 2. The van der Waals surface area contributed by atoms with Crippen LogP contribution in [0.4, 0.5) is 13.2 Å². The number of rotatable bonds is 16. The fourth-order valence-corrected chi connectivity index (χ4v) is 6.29. The Kier molecular flexibility index (Phi) is 12.3. The van der Waals surface area contributed by atoms with Gasteiger partial charge in [-0.25, -0.2) is 4.98 Å². The standard InChI is InChI=1S/C42H46F3N3O2/c1-29-12-16-33(17-13-29)39-40(34-20-22-37(50-3)23-21-34)48(41(47-39)35-25-30(2)26-36(27-35)42(43,44)45)28-31-14-18-32(19-15-31)38(49)11-9-7-5-4-6-8-10-24-46/h12-23,25-27H,4-11,24,28,46H2,1-3H3. The molecule has 2 N–H and O–H groups in total. The molecule has 0 unspecified atom stereocenters. The van der Waals surface area contributed by atoms with Gasteiger partial charge in [0.05, 0.1) is 24.1 Å². The van der Waals surface area contributed by atoms with Crippen LogP contribution in [0.5, 0.6) is 5.75 Å². The van der Waals surface area contributed by atoms with E-state index in [1.54, 1.807) is 20.1 Å². The summed E-state index contributed by atoms with van der Waals surface area (Å²) in [6.07, 6.45) is 3.59. The normalized spacial score (nSPS) is 11.6. The fraction of sp³-hybridized carbons (Fsp3) is 0.333. The van der Waals surface area contributed by atoms with Gasteiger partial charge in [-0.3, -0.25) is 4.79 Å². The van der Waals surface area contributed by atoms with E-state index in [0.29, 0.717) is 46.9 Å². The monoisotopic (exact) mass is 681 g/mol. The highest BCUT2D eigenvalue weighted by Gasteiger charge is 2.32. The van der Waals surface area contributed by atoms with Crippen molar-refractivity contribution in [3.8, 4) is 39.7 Å². The number of nitrogens with zero attached hydrogens (tertiary/aromatic N) is 2. The summed E-state index contributed by atoms with van der Waals surface area (Å²) in [7, 11) is 1.60. The van der Waals surface area contributed by atoms with Crippen LogP contribution in [-0.2, 0) is 12.7 Å². The molecular weight excluding hydrogens is 635 g/mol. The van der Waals surface area contributed by atoms with Gasteiger partial charge in [-0.15, -0.1) is 0 Å². The van der Waals surface area contributed by atoms with Gasteiger partial charge < -0.3 is 15.0 Å². The molecule has 5 aromatic rings. The van der Waals surface area contributed by atoms with Crippen molar-refractivity contribution in [1.29, 1.82) is 0 Å². The van der Waals surface area contributed by atoms with E-state index in [9.17, 15) is 18.0 Å². The molecule has 0 atom stereocenters. The van der Waals surface area contributed by atoms with Crippen molar-refractivity contribution < 1.29 is 22.7 Å². The number of unbranched alkanes of at least 4 members (excludes halogenated alkanes) is 6. The third-order valence-corrected chi connectivity index (χ3v) is 9.04. The maximum atomic E-state index is 14.0. The number of imidazole rings is 1. The number of ketones is 1. The summed E-state index contributed by atoms with van der Waals surface area (Å²) >= 11 is 0. The lowest BCUT2D eigenvalue weighted by atomic mass is 10.0. The molecule has 0 bridgehead atoms. The van der Waals surface area contributed by atoms with E-state index in [1.165, 1.54) is 18.9 Å². The summed E-state index contributed by atoms with van der Waals surface area (Å²) < 4.78 is 49.5. The van der Waals surface area contributed by atoms with Crippen molar-refractivity contribution in [2.75, 3.05) is 13.7 Å². The summed E-state index contributed by atoms with van der Waals surface area (Å²) in [6.45, 7) is 4.73. The van der Waals surface area contributed by atoms with Gasteiger partial charge in [0, 0.05) is 35.2 Å². The summed E-state index contributed by atoms with van der Waals surface area (Å²) in [5.74, 6) is 1.22. The van der Waals surface area contributed by atoms with Gasteiger partial charge in [0.2, 0.25) is 0 Å². The molecule has 1 heterocycles. The number of hydrogen-bond acceptors (Lipinski definition) is 4. The summed E-state index contributed by atoms with van der Waals surface area (Å²) in [5.41, 5.74) is 11.5. The van der Waals surface area contributed by atoms with E-state index >= 15 is 0 Å². The second kappa shape index (κ2) is 16.8. The predicted octanol–water partition coefficient (Wildman–Crippen LogP) is 10.8. The minimum absolute atomic E-state index is 0.114. The zero-order valence-corrected chi connectivity index (χ0v) is 29.2. The Morgan fingerprint density at radius 2 is 1.36 bits per heavy atom. The molecule has 5 rings (SSSR count). The van der Waals surface area contributed by atoms with Crippen LogP contribution in [0.25, 0.3) is 33.9 Å². The Morgan fingerprint density at radius 1 is 0.740 bits per heavy atom. The maximum absolute atomic E-state index is 14.0. The third-order valence-electron chi connectivity index (χ3n) is 9.04. The predicted molar refractivity (Wildman–Crippen MR) is 195 cm³/mol. The Balaban J connectivity index is 1.51. The number of nitrogens with two attached hydrogens (primary N) is 1. The molecule has 0 aliphatic rings. The fourth-order valence-electron chi connectivity index (χ4n) is 6.29. The third kappa shape index (κ3) is 9.30. The lowest BCUT2D eigenvalue weighted by molar-refractivity contribution is -0.137. The van der Waals surface area contributed by atoms with E-state index in [1.807, 2.05) is 84.3 Å². The lowest BCUT2D eigenvalue weighted by Crippen LogP contribution is -2.08. The minimum Gasteiger partial charge on any atom is -0.497 e. The molecule has 8 heteroatoms. The molecule has 5 nitrogen and oxygen atoms in total. The topological polar surface area (TPSA) is 70.1 Å². The number of alkyl halides is 3. The first-order valence-electron chi connectivity index (χ1n) is 17.4. The van der Waals surface area contributed by atoms with E-state index in [0.717, 1.165) is 72.7 Å². The van der Waals surface area contributed by atoms with Gasteiger partial charge >= 0.3 is 6.18 Å². The van der Waals surface area contributed by atoms with Crippen molar-refractivity contribution in [3.63, 3.8) is 0 Å². The quantitative estimate of drug-likeness (QED) is 0.0831. The minimum atomic E-state index is -4.51. The first-order chi connectivity index (χ1) is 24.1. The van der Waals surface area contributed by atoms with E-state index in [2.05, 4.69) is 0 Å². The second-order valence-corrected chi connectivity index (χ2v) is 13.0. The zero-order chi connectivity index (χ0) is 35.7. The van der Waals surface area contributed by atoms with E-state index < -0.39 is 11.7 Å². The molecule has 0 aliphatic heterocycles. The smallest absolute Gasteiger partial charge is 0.416 e. The Labute approximate surface area is 293 Å². The molecule has 0 radical (unpaired) electrons. The largest absolute Gasteiger partial charge is 0.497 e. The van der Waals surface area contributed by atoms with Gasteiger partial charge in [-0.2, -0.15) is 13.2 Å². The number of Topliss-reactive ketones (excluding diaryl/α,β-unsaturated/α-hetero) is 1. The highest BCUT2D eigenvalue weighted by Crippen LogP contribution is 2.39. The van der Waals surface area contributed by atoms with E-state index in [4.69, 9.17) is 15.5 Å². The van der Waals surface area contributed by atoms with Crippen molar-refractivity contribution >= 4 is 5.78 Å². The van der Waals surface area contributed by atoms with Gasteiger partial charge in [0.15, 0.2) is 5.78 Å². The molecule has 4 aromatic carbocycles. The summed E-state index contributed by atoms with van der Waals surface area (Å²) in [6, 6.07) is 27.2. The van der Waals surface area contributed by atoms with Crippen LogP contribution in [0, 0.1) is 13.8 Å². The molecule has 0 saturated carbocycles. The summed E-state index contributed by atoms with van der Waals surface area (Å²) in [4.78, 5) is 18.1. The number of benzene rings is 4. The second-order valence-electron chi connectivity index (χ2n) is 13.0. The van der Waals surface area contributed by atoms with Crippen molar-refractivity contribution in [3.05, 3.63) is 119 Å². The number of hydrogen-bond donors (Lipinski definition) is 1. The van der Waals surface area contributed by atoms with Crippen LogP contribution in [0.15, 0.2) is 91.0 Å². The molecular formula is C42H46F3N3O2. The van der Waals surface area contributed by atoms with Gasteiger partial charge in [0.25, 0.3) is 0 Å². The highest BCUT2D eigenvalue weighted by molar-refractivity contribution is 5.96. The van der Waals surface area contributed by atoms with Crippen LogP contribution in [-0.4, -0.2) is 29.0 Å². The van der Waals surface area contributed by atoms with Crippen LogP contribution in [0.3, 0.4) is 0 Å². The first-order valence-corrected chi connectivity index (χ1v) is 17.4. The van der Waals surface area contributed by atoms with Crippen molar-refractivity contribution in [2.24, 2.45) is 5.73 Å². The van der Waals surface area contributed by atoms with Crippen molar-refractivity contribution in [2.45, 2.75) is 77.9 Å². The molecule has 0 spiro atoms. The lowest BCUT2D eigenvalue weighted by Gasteiger charge is -2.16. The Bertz CT molecular complexity index is 1860. The van der Waals surface area contributed by atoms with Gasteiger partial charge in [-0.05, 0) is 86.8 Å². The number of carbonyl (C=O) groups is 1. The molecule has 0 aliphatic carbocycles. The number of methoxy groups -OCH3 is 1. The first kappa shape index (κ1) is 36.6. The van der Waals surface area contributed by atoms with Crippen LogP contribution in [0.1, 0.15) is 84.0 Å². The number of ether oxygens (including phenoxy) is 1. The molecule has 50 heavy (non-hydrogen) atoms. The Hall–Kier alpha value is -4.69. The van der Waals surface area contributed by atoms with Crippen molar-refractivity contribution in [1.82, 2.24) is 9.55 Å². The molecule has 1 aromatic heterocycles. The summed E-state index contributed by atoms with van der Waals surface area (Å²) in [5, 5.41) is 0. The molecule has 262 valence electrons. The number of aromatic nitrogens is 2. The molecule has 0 saturated heterocycles. The SMILES string of the molecule is COc1ccc(-c2c(-c3ccc(C)cc3)nc(-c3cc(C)cc(C(F)(F)F)c3)n2Cc2ccc(C(=O)CCCCCCCCCN)cc2)cc1. The molecule has 0 fully saturated rings. The number of halogens is 3. The average molecular weight is 682 g/mol. The van der Waals surface area contributed by atoms with Crippen LogP contribution < -0.4 is 10.5 Å². The van der Waals surface area contributed by atoms with Crippen LogP contribution in [0.2, 0.25) is 0 Å². The maximum Gasteiger partial charge on any atom is 0.416 e. The zero-order valence-electron chi connectivity index (χ0n) is 29.2. The van der Waals surface area contributed by atoms with E-state index in [-0.39, 0.29) is 5.78 Å². The van der Waals surface area contributed by atoms with Crippen LogP contribution >= 0.6 is 0 Å². The van der Waals surface area contributed by atoms with Gasteiger partial charge in [0.1, 0.15) is 11.6 Å². The Morgan fingerprint density at radius 3 is 1.98 bits per heavy atom. The highest BCUT2D eigenvalue weighted by atomic mass is 19.4. The van der Waals surface area contributed by atoms with Gasteiger partial charge in [-0.1, -0.05) is 86.2 Å². The molecule has 0 amide bonds. The number of carbonyl (C=O) groups excluding carboxylic acids is 1. The average Bonchev–Trinajstić information content (AvgIpc) is 3.48.